The Balaban J connectivity index is 1.41. The van der Waals surface area contributed by atoms with E-state index in [0.717, 1.165) is 4.90 Å². The SMILES string of the molecule is Nc1nccc2c1ncn2[C@@H]1C[C@H](CN2C(=O)c3ccccc3C2=O)[C@@H](O)[C@H]1O. The molecule has 1 aliphatic carbocycles. The van der Waals surface area contributed by atoms with E-state index in [2.05, 4.69) is 9.97 Å². The van der Waals surface area contributed by atoms with Crippen molar-refractivity contribution in [3.63, 3.8) is 0 Å². The quantitative estimate of drug-likeness (QED) is 0.554. The van der Waals surface area contributed by atoms with Gasteiger partial charge in [0.25, 0.3) is 11.8 Å². The van der Waals surface area contributed by atoms with Crippen LogP contribution in [0.25, 0.3) is 11.0 Å². The first kappa shape index (κ1) is 17.8. The first-order chi connectivity index (χ1) is 14.0. The van der Waals surface area contributed by atoms with Gasteiger partial charge in [-0.1, -0.05) is 12.1 Å². The lowest BCUT2D eigenvalue weighted by Crippen LogP contribution is -2.39. The second kappa shape index (κ2) is 6.36. The summed E-state index contributed by atoms with van der Waals surface area (Å²) in [5.41, 5.74) is 7.82. The molecule has 4 N–H and O–H groups in total. The molecule has 9 nitrogen and oxygen atoms in total. The van der Waals surface area contributed by atoms with E-state index >= 15 is 0 Å². The number of hydrogen-bond acceptors (Lipinski definition) is 7. The highest BCUT2D eigenvalue weighted by Crippen LogP contribution is 2.38. The number of fused-ring (bicyclic) bond motifs is 2. The van der Waals surface area contributed by atoms with E-state index in [9.17, 15) is 19.8 Å². The Hall–Kier alpha value is -3.30. The third-order valence-corrected chi connectivity index (χ3v) is 5.94. The van der Waals surface area contributed by atoms with Crippen LogP contribution >= 0.6 is 0 Å². The lowest BCUT2D eigenvalue weighted by Gasteiger charge is -2.21. The number of imidazole rings is 1. The fourth-order valence-electron chi connectivity index (χ4n) is 4.44. The molecule has 3 aromatic rings. The zero-order valence-corrected chi connectivity index (χ0v) is 15.3. The third-order valence-electron chi connectivity index (χ3n) is 5.94. The largest absolute Gasteiger partial charge is 0.390 e. The minimum atomic E-state index is -1.08. The van der Waals surface area contributed by atoms with Gasteiger partial charge in [-0.25, -0.2) is 9.97 Å². The fraction of sp³-hybridized carbons (Fsp3) is 0.300. The van der Waals surface area contributed by atoms with Crippen LogP contribution in [0.5, 0.6) is 0 Å². The van der Waals surface area contributed by atoms with Crippen LogP contribution < -0.4 is 5.73 Å². The van der Waals surface area contributed by atoms with Gasteiger partial charge >= 0.3 is 0 Å². The van der Waals surface area contributed by atoms with Gasteiger partial charge in [-0.2, -0.15) is 0 Å². The lowest BCUT2D eigenvalue weighted by atomic mass is 10.0. The van der Waals surface area contributed by atoms with E-state index in [0.29, 0.717) is 28.6 Å². The van der Waals surface area contributed by atoms with Gasteiger partial charge < -0.3 is 20.5 Å². The molecule has 0 bridgehead atoms. The van der Waals surface area contributed by atoms with Crippen molar-refractivity contribution < 1.29 is 19.8 Å². The molecule has 0 unspecified atom stereocenters. The molecule has 0 spiro atoms. The monoisotopic (exact) mass is 393 g/mol. The highest BCUT2D eigenvalue weighted by molar-refractivity contribution is 6.21. The Morgan fingerprint density at radius 3 is 2.41 bits per heavy atom. The molecule has 29 heavy (non-hydrogen) atoms. The molecule has 4 atom stereocenters. The van der Waals surface area contributed by atoms with Gasteiger partial charge in [-0.15, -0.1) is 0 Å². The molecule has 2 amide bonds. The fourth-order valence-corrected chi connectivity index (χ4v) is 4.44. The summed E-state index contributed by atoms with van der Waals surface area (Å²) in [7, 11) is 0. The summed E-state index contributed by atoms with van der Waals surface area (Å²) in [4.78, 5) is 34.7. The standard InChI is InChI=1S/C20H19N5O4/c21-18-15-13(5-6-22-18)25(9-23-15)14-7-10(16(26)17(14)27)8-24-19(28)11-3-1-2-4-12(11)20(24)29/h1-6,9-10,14,16-17,26-27H,7-8H2,(H2,21,22)/t10-,14-,16-,17+/m1/s1. The van der Waals surface area contributed by atoms with E-state index in [4.69, 9.17) is 5.73 Å². The number of pyridine rings is 1. The molecule has 1 fully saturated rings. The first-order valence-electron chi connectivity index (χ1n) is 9.35. The minimum Gasteiger partial charge on any atom is -0.390 e. The molecule has 5 rings (SSSR count). The van der Waals surface area contributed by atoms with Crippen molar-refractivity contribution in [1.29, 1.82) is 0 Å². The highest BCUT2D eigenvalue weighted by Gasteiger charge is 2.46. The normalized spacial score (nSPS) is 26.5. The minimum absolute atomic E-state index is 0.0391. The van der Waals surface area contributed by atoms with Crippen molar-refractivity contribution in [2.45, 2.75) is 24.7 Å². The summed E-state index contributed by atoms with van der Waals surface area (Å²) in [6.07, 6.45) is 1.35. The topological polar surface area (TPSA) is 135 Å². The molecular weight excluding hydrogens is 374 g/mol. The molecule has 1 aromatic carbocycles. The van der Waals surface area contributed by atoms with Gasteiger partial charge in [0.2, 0.25) is 0 Å². The number of nitrogens with two attached hydrogens (primary N) is 1. The summed E-state index contributed by atoms with van der Waals surface area (Å²) < 4.78 is 1.77. The van der Waals surface area contributed by atoms with E-state index in [1.807, 2.05) is 0 Å². The molecule has 0 radical (unpaired) electrons. The van der Waals surface area contributed by atoms with Crippen molar-refractivity contribution in [2.75, 3.05) is 12.3 Å². The second-order valence-corrected chi connectivity index (χ2v) is 7.53. The zero-order valence-electron chi connectivity index (χ0n) is 15.3. The summed E-state index contributed by atoms with van der Waals surface area (Å²) >= 11 is 0. The summed E-state index contributed by atoms with van der Waals surface area (Å²) in [5.74, 6) is -0.920. The summed E-state index contributed by atoms with van der Waals surface area (Å²) in [6, 6.07) is 7.94. The van der Waals surface area contributed by atoms with Crippen LogP contribution in [-0.4, -0.2) is 60.2 Å². The highest BCUT2D eigenvalue weighted by atomic mass is 16.3. The van der Waals surface area contributed by atoms with Crippen LogP contribution in [0.15, 0.2) is 42.9 Å². The van der Waals surface area contributed by atoms with Gasteiger partial charge in [-0.05, 0) is 24.6 Å². The van der Waals surface area contributed by atoms with Crippen LogP contribution in [-0.2, 0) is 0 Å². The number of carbonyl (C=O) groups is 2. The number of nitrogen functional groups attached to an aromatic ring is 1. The van der Waals surface area contributed by atoms with Gasteiger partial charge in [0.15, 0.2) is 5.82 Å². The van der Waals surface area contributed by atoms with Crippen molar-refractivity contribution in [1.82, 2.24) is 19.4 Å². The molecule has 3 heterocycles. The maximum atomic E-state index is 12.6. The van der Waals surface area contributed by atoms with Crippen LogP contribution in [0.2, 0.25) is 0 Å². The van der Waals surface area contributed by atoms with Gasteiger partial charge in [-0.3, -0.25) is 14.5 Å². The Kier molecular flexibility index (Phi) is 3.90. The Bertz CT molecular complexity index is 1110. The number of imide groups is 1. The number of nitrogens with zero attached hydrogens (tertiary/aromatic N) is 4. The number of aliphatic hydroxyl groups excluding tert-OH is 2. The van der Waals surface area contributed by atoms with E-state index in [-0.39, 0.29) is 24.2 Å². The molecule has 0 saturated heterocycles. The number of benzene rings is 1. The van der Waals surface area contributed by atoms with Crippen LogP contribution in [0.1, 0.15) is 33.2 Å². The molecule has 148 valence electrons. The lowest BCUT2D eigenvalue weighted by molar-refractivity contribution is 0.00181. The van der Waals surface area contributed by atoms with E-state index in [1.54, 1.807) is 47.4 Å². The smallest absolute Gasteiger partial charge is 0.261 e. The van der Waals surface area contributed by atoms with Crippen molar-refractivity contribution in [3.8, 4) is 0 Å². The van der Waals surface area contributed by atoms with Gasteiger partial charge in [0.1, 0.15) is 11.6 Å². The Morgan fingerprint density at radius 1 is 1.03 bits per heavy atom. The molecular formula is C20H19N5O4. The number of carbonyl (C=O) groups excluding carboxylic acids is 2. The summed E-state index contributed by atoms with van der Waals surface area (Å²) in [5, 5.41) is 21.3. The Morgan fingerprint density at radius 2 is 1.72 bits per heavy atom. The maximum Gasteiger partial charge on any atom is 0.261 e. The summed E-state index contributed by atoms with van der Waals surface area (Å²) in [6.45, 7) is 0.0391. The van der Waals surface area contributed by atoms with Crippen molar-refractivity contribution >= 4 is 28.7 Å². The number of rotatable bonds is 3. The van der Waals surface area contributed by atoms with Crippen molar-refractivity contribution in [2.24, 2.45) is 5.92 Å². The predicted octanol–water partition coefficient (Wildman–Crippen LogP) is 0.593. The number of amides is 2. The average Bonchev–Trinajstić information content (AvgIpc) is 3.34. The molecule has 2 aromatic heterocycles. The predicted molar refractivity (Wildman–Crippen MR) is 103 cm³/mol. The molecule has 9 heteroatoms. The maximum absolute atomic E-state index is 12.6. The number of aromatic nitrogens is 3. The van der Waals surface area contributed by atoms with Gasteiger partial charge in [0, 0.05) is 18.7 Å². The number of hydrogen-bond donors (Lipinski definition) is 3. The van der Waals surface area contributed by atoms with Crippen LogP contribution in [0.3, 0.4) is 0 Å². The number of aliphatic hydroxyl groups is 2. The molecule has 2 aliphatic rings. The van der Waals surface area contributed by atoms with Crippen molar-refractivity contribution in [3.05, 3.63) is 54.0 Å². The average molecular weight is 393 g/mol. The second-order valence-electron chi connectivity index (χ2n) is 7.53. The van der Waals surface area contributed by atoms with E-state index < -0.39 is 24.2 Å². The van der Waals surface area contributed by atoms with Gasteiger partial charge in [0.05, 0.1) is 35.1 Å². The molecule has 1 saturated carbocycles. The molecule has 1 aliphatic heterocycles. The first-order valence-corrected chi connectivity index (χ1v) is 9.35. The van der Waals surface area contributed by atoms with Crippen LogP contribution in [0.4, 0.5) is 5.82 Å². The van der Waals surface area contributed by atoms with Crippen LogP contribution in [0, 0.1) is 5.92 Å². The third kappa shape index (κ3) is 2.55. The number of anilines is 1. The Labute approximate surface area is 165 Å². The zero-order chi connectivity index (χ0) is 20.3. The van der Waals surface area contributed by atoms with E-state index in [1.165, 1.54) is 0 Å².